The van der Waals surface area contributed by atoms with Crippen molar-refractivity contribution in [1.82, 2.24) is 15.1 Å². The minimum Gasteiger partial charge on any atom is -0.333 e. The number of carbonyl (C=O) groups is 1. The lowest BCUT2D eigenvalue weighted by atomic mass is 9.53. The molecule has 4 bridgehead atoms. The van der Waals surface area contributed by atoms with Crippen molar-refractivity contribution in [2.24, 2.45) is 29.6 Å². The summed E-state index contributed by atoms with van der Waals surface area (Å²) < 4.78 is 0. The monoisotopic (exact) mass is 449 g/mol. The fraction of sp³-hybridized carbons (Fsp3) is 0.759. The molecule has 4 nitrogen and oxygen atoms in total. The lowest BCUT2D eigenvalue weighted by Crippen LogP contribution is -2.62. The number of piperidine rings is 2. The molecular formula is C29H43N3O. The molecule has 1 N–H and O–H groups in total. The van der Waals surface area contributed by atoms with Crippen LogP contribution in [0.4, 0.5) is 4.79 Å². The Bertz CT molecular complexity index is 772. The van der Waals surface area contributed by atoms with E-state index in [1.165, 1.54) is 95.8 Å². The third-order valence-corrected chi connectivity index (χ3v) is 9.90. The first-order valence-corrected chi connectivity index (χ1v) is 14.0. The van der Waals surface area contributed by atoms with Gasteiger partial charge in [-0.25, -0.2) is 4.79 Å². The number of hydrogen-bond donors (Lipinski definition) is 1. The van der Waals surface area contributed by atoms with E-state index in [1.54, 1.807) is 0 Å². The van der Waals surface area contributed by atoms with Crippen LogP contribution in [-0.2, 0) is 6.42 Å². The van der Waals surface area contributed by atoms with E-state index >= 15 is 0 Å². The van der Waals surface area contributed by atoms with E-state index < -0.39 is 0 Å². The Morgan fingerprint density at radius 1 is 0.818 bits per heavy atom. The van der Waals surface area contributed by atoms with Gasteiger partial charge in [-0.05, 0) is 119 Å². The molecule has 1 aromatic carbocycles. The van der Waals surface area contributed by atoms with Crippen LogP contribution in [0.1, 0.15) is 69.8 Å². The second kappa shape index (κ2) is 9.24. The van der Waals surface area contributed by atoms with Gasteiger partial charge >= 0.3 is 6.03 Å². The lowest BCUT2D eigenvalue weighted by molar-refractivity contribution is -0.0163. The fourth-order valence-electron chi connectivity index (χ4n) is 8.57. The highest BCUT2D eigenvalue weighted by Crippen LogP contribution is 2.55. The van der Waals surface area contributed by atoms with Gasteiger partial charge in [0.15, 0.2) is 0 Å². The first-order valence-electron chi connectivity index (χ1n) is 14.0. The summed E-state index contributed by atoms with van der Waals surface area (Å²) in [6, 6.07) is 11.3. The van der Waals surface area contributed by atoms with E-state index in [9.17, 15) is 4.79 Å². The quantitative estimate of drug-likeness (QED) is 0.659. The number of carbonyl (C=O) groups excluding carboxylic acids is 1. The number of nitrogens with zero attached hydrogens (tertiary/aromatic N) is 2. The van der Waals surface area contributed by atoms with Crippen molar-refractivity contribution in [3.8, 4) is 0 Å². The van der Waals surface area contributed by atoms with Gasteiger partial charge in [-0.15, -0.1) is 0 Å². The average Bonchev–Trinajstić information content (AvgIpc) is 2.80. The van der Waals surface area contributed by atoms with Gasteiger partial charge < -0.3 is 15.1 Å². The maximum Gasteiger partial charge on any atom is 0.317 e. The molecule has 33 heavy (non-hydrogen) atoms. The molecule has 2 amide bonds. The van der Waals surface area contributed by atoms with Gasteiger partial charge in [0.2, 0.25) is 0 Å². The van der Waals surface area contributed by atoms with Gasteiger partial charge in [0.25, 0.3) is 0 Å². The Morgan fingerprint density at radius 3 is 2.00 bits per heavy atom. The first kappa shape index (κ1) is 21.9. The van der Waals surface area contributed by atoms with Crippen molar-refractivity contribution >= 4 is 6.03 Å². The lowest BCUT2D eigenvalue weighted by Gasteiger charge is -2.57. The van der Waals surface area contributed by atoms with Gasteiger partial charge in [0, 0.05) is 25.2 Å². The predicted molar refractivity (Wildman–Crippen MR) is 133 cm³/mol. The van der Waals surface area contributed by atoms with Gasteiger partial charge in [-0.2, -0.15) is 0 Å². The molecule has 1 aromatic rings. The Balaban J connectivity index is 0.928. The number of nitrogens with one attached hydrogen (secondary N) is 1. The SMILES string of the molecule is O=C(NC12CC3CC(CC(C3)C1)C2)N1CCC(CN2CCC(Cc3ccccc3)CC2)CC1. The molecule has 0 atom stereocenters. The molecule has 6 fully saturated rings. The molecule has 2 aliphatic heterocycles. The zero-order chi connectivity index (χ0) is 22.3. The summed E-state index contributed by atoms with van der Waals surface area (Å²) in [6.07, 6.45) is 14.3. The largest absolute Gasteiger partial charge is 0.333 e. The van der Waals surface area contributed by atoms with Crippen molar-refractivity contribution in [3.05, 3.63) is 35.9 Å². The average molecular weight is 450 g/mol. The second-order valence-electron chi connectivity index (χ2n) is 12.5. The Kier molecular flexibility index (Phi) is 6.15. The van der Waals surface area contributed by atoms with Crippen LogP contribution >= 0.6 is 0 Å². The standard InChI is InChI=1S/C29H43N3O/c33-28(30-29-18-25-15-26(19-29)17-27(16-25)20-29)32-12-8-24(9-13-32)21-31-10-6-23(7-11-31)14-22-4-2-1-3-5-22/h1-5,23-27H,6-21H2,(H,30,33). The molecule has 4 saturated carbocycles. The smallest absolute Gasteiger partial charge is 0.317 e. The summed E-state index contributed by atoms with van der Waals surface area (Å²) in [5.41, 5.74) is 1.64. The van der Waals surface area contributed by atoms with Crippen LogP contribution in [0.25, 0.3) is 0 Å². The van der Waals surface area contributed by atoms with Crippen LogP contribution in [-0.4, -0.2) is 54.1 Å². The molecule has 0 radical (unpaired) electrons. The van der Waals surface area contributed by atoms with Gasteiger partial charge in [-0.3, -0.25) is 0 Å². The molecule has 7 rings (SSSR count). The number of rotatable bonds is 5. The highest BCUT2D eigenvalue weighted by molar-refractivity contribution is 5.75. The highest BCUT2D eigenvalue weighted by Gasteiger charge is 2.51. The third-order valence-electron chi connectivity index (χ3n) is 9.90. The van der Waals surface area contributed by atoms with E-state index in [-0.39, 0.29) is 11.6 Å². The van der Waals surface area contributed by atoms with Crippen LogP contribution in [0, 0.1) is 29.6 Å². The molecule has 180 valence electrons. The Hall–Kier alpha value is -1.55. The van der Waals surface area contributed by atoms with Gasteiger partial charge in [-0.1, -0.05) is 30.3 Å². The molecule has 0 aromatic heterocycles. The van der Waals surface area contributed by atoms with E-state index in [1.807, 2.05) is 0 Å². The van der Waals surface area contributed by atoms with Crippen LogP contribution in [0.15, 0.2) is 30.3 Å². The number of benzene rings is 1. The summed E-state index contributed by atoms with van der Waals surface area (Å²) in [4.78, 5) is 18.0. The molecule has 0 spiro atoms. The first-order chi connectivity index (χ1) is 16.1. The summed E-state index contributed by atoms with van der Waals surface area (Å²) in [6.45, 7) is 5.65. The van der Waals surface area contributed by atoms with Gasteiger partial charge in [0.05, 0.1) is 0 Å². The van der Waals surface area contributed by atoms with Crippen molar-refractivity contribution in [2.45, 2.75) is 76.2 Å². The van der Waals surface area contributed by atoms with E-state index in [2.05, 4.69) is 45.4 Å². The van der Waals surface area contributed by atoms with Gasteiger partial charge in [0.1, 0.15) is 0 Å². The zero-order valence-electron chi connectivity index (χ0n) is 20.4. The number of amides is 2. The summed E-state index contributed by atoms with van der Waals surface area (Å²) in [7, 11) is 0. The predicted octanol–water partition coefficient (Wildman–Crippen LogP) is 5.33. The minimum absolute atomic E-state index is 0.146. The number of urea groups is 1. The normalized spacial score (nSPS) is 35.2. The molecule has 2 saturated heterocycles. The van der Waals surface area contributed by atoms with Crippen molar-refractivity contribution < 1.29 is 4.79 Å². The third kappa shape index (κ3) is 4.97. The minimum atomic E-state index is 0.146. The second-order valence-corrected chi connectivity index (χ2v) is 12.5. The van der Waals surface area contributed by atoms with E-state index in [4.69, 9.17) is 0 Å². The van der Waals surface area contributed by atoms with Crippen molar-refractivity contribution in [3.63, 3.8) is 0 Å². The fourth-order valence-corrected chi connectivity index (χ4v) is 8.57. The number of likely N-dealkylation sites (tertiary alicyclic amines) is 2. The molecule has 4 aliphatic carbocycles. The molecule has 0 unspecified atom stereocenters. The Labute approximate surface area is 200 Å². The summed E-state index contributed by atoms with van der Waals surface area (Å²) in [5.74, 6) is 4.27. The molecular weight excluding hydrogens is 406 g/mol. The maximum absolute atomic E-state index is 13.2. The summed E-state index contributed by atoms with van der Waals surface area (Å²) in [5, 5.41) is 3.59. The Morgan fingerprint density at radius 2 is 1.39 bits per heavy atom. The van der Waals surface area contributed by atoms with Crippen LogP contribution in [0.3, 0.4) is 0 Å². The van der Waals surface area contributed by atoms with Crippen molar-refractivity contribution in [1.29, 1.82) is 0 Å². The highest BCUT2D eigenvalue weighted by atomic mass is 16.2. The van der Waals surface area contributed by atoms with Crippen molar-refractivity contribution in [2.75, 3.05) is 32.7 Å². The summed E-state index contributed by atoms with van der Waals surface area (Å²) >= 11 is 0. The van der Waals surface area contributed by atoms with Crippen LogP contribution < -0.4 is 5.32 Å². The zero-order valence-corrected chi connectivity index (χ0v) is 20.4. The number of hydrogen-bond acceptors (Lipinski definition) is 2. The molecule has 2 heterocycles. The molecule has 6 aliphatic rings. The molecule has 4 heteroatoms. The topological polar surface area (TPSA) is 35.6 Å². The van der Waals surface area contributed by atoms with Crippen LogP contribution in [0.5, 0.6) is 0 Å². The maximum atomic E-state index is 13.2. The van der Waals surface area contributed by atoms with Crippen LogP contribution in [0.2, 0.25) is 0 Å². The van der Waals surface area contributed by atoms with E-state index in [0.29, 0.717) is 0 Å². The van der Waals surface area contributed by atoms with E-state index in [0.717, 1.165) is 42.7 Å².